The molecule has 3 atom stereocenters. The SMILES string of the molecule is CCOC(=O)C1CC2CN(C(=O)OCC)CC2N1Cc1ccccc1. The van der Waals surface area contributed by atoms with E-state index in [0.717, 1.165) is 12.0 Å². The van der Waals surface area contributed by atoms with E-state index >= 15 is 0 Å². The zero-order valence-corrected chi connectivity index (χ0v) is 14.9. The van der Waals surface area contributed by atoms with E-state index < -0.39 is 0 Å². The lowest BCUT2D eigenvalue weighted by molar-refractivity contribution is -0.149. The number of esters is 1. The molecule has 0 saturated carbocycles. The predicted molar refractivity (Wildman–Crippen MR) is 92.9 cm³/mol. The second-order valence-electron chi connectivity index (χ2n) is 6.59. The lowest BCUT2D eigenvalue weighted by atomic mass is 10.0. The molecule has 3 rings (SSSR count). The van der Waals surface area contributed by atoms with Crippen LogP contribution in [0.15, 0.2) is 30.3 Å². The Labute approximate surface area is 148 Å². The van der Waals surface area contributed by atoms with Gasteiger partial charge in [-0.05, 0) is 31.7 Å². The van der Waals surface area contributed by atoms with Crippen LogP contribution in [0.25, 0.3) is 0 Å². The normalized spacial score (nSPS) is 25.7. The summed E-state index contributed by atoms with van der Waals surface area (Å²) in [5, 5.41) is 0. The summed E-state index contributed by atoms with van der Waals surface area (Å²) in [6.45, 7) is 6.34. The third-order valence-corrected chi connectivity index (χ3v) is 5.05. The first-order chi connectivity index (χ1) is 12.1. The van der Waals surface area contributed by atoms with E-state index in [1.807, 2.05) is 32.0 Å². The van der Waals surface area contributed by atoms with E-state index in [4.69, 9.17) is 9.47 Å². The van der Waals surface area contributed by atoms with Gasteiger partial charge in [0.25, 0.3) is 0 Å². The second-order valence-corrected chi connectivity index (χ2v) is 6.59. The van der Waals surface area contributed by atoms with Crippen LogP contribution < -0.4 is 0 Å². The Bertz CT molecular complexity index is 607. The number of hydrogen-bond donors (Lipinski definition) is 0. The number of fused-ring (bicyclic) bond motifs is 1. The van der Waals surface area contributed by atoms with Gasteiger partial charge in [0.2, 0.25) is 0 Å². The van der Waals surface area contributed by atoms with Gasteiger partial charge < -0.3 is 14.4 Å². The van der Waals surface area contributed by atoms with Crippen molar-refractivity contribution in [3.8, 4) is 0 Å². The number of ether oxygens (including phenoxy) is 2. The molecule has 0 N–H and O–H groups in total. The average Bonchev–Trinajstić information content (AvgIpc) is 3.16. The molecule has 2 saturated heterocycles. The van der Waals surface area contributed by atoms with Gasteiger partial charge in [-0.2, -0.15) is 0 Å². The van der Waals surface area contributed by atoms with Crippen molar-refractivity contribution in [2.45, 2.75) is 38.9 Å². The van der Waals surface area contributed by atoms with Gasteiger partial charge in [-0.1, -0.05) is 30.3 Å². The summed E-state index contributed by atoms with van der Waals surface area (Å²) in [5.74, 6) is 0.123. The third kappa shape index (κ3) is 3.79. The molecule has 2 aliphatic rings. The van der Waals surface area contributed by atoms with Crippen molar-refractivity contribution in [3.05, 3.63) is 35.9 Å². The monoisotopic (exact) mass is 346 g/mol. The molecule has 1 aromatic carbocycles. The van der Waals surface area contributed by atoms with Crippen LogP contribution >= 0.6 is 0 Å². The van der Waals surface area contributed by atoms with Crippen LogP contribution in [0.5, 0.6) is 0 Å². The van der Waals surface area contributed by atoms with Crippen LogP contribution in [-0.4, -0.2) is 60.2 Å². The van der Waals surface area contributed by atoms with Crippen LogP contribution in [0.2, 0.25) is 0 Å². The summed E-state index contributed by atoms with van der Waals surface area (Å²) in [7, 11) is 0. The van der Waals surface area contributed by atoms with Gasteiger partial charge in [-0.3, -0.25) is 9.69 Å². The standard InChI is InChI=1S/C19H26N2O4/c1-3-24-18(22)16-10-15-12-20(19(23)25-4-2)13-17(15)21(16)11-14-8-6-5-7-9-14/h5-9,15-17H,3-4,10-13H2,1-2H3. The van der Waals surface area contributed by atoms with Crippen LogP contribution in [0.3, 0.4) is 0 Å². The van der Waals surface area contributed by atoms with Gasteiger partial charge in [0, 0.05) is 25.7 Å². The Hall–Kier alpha value is -2.08. The number of carbonyl (C=O) groups is 2. The first-order valence-electron chi connectivity index (χ1n) is 9.02. The number of hydrogen-bond acceptors (Lipinski definition) is 5. The zero-order valence-electron chi connectivity index (χ0n) is 14.9. The third-order valence-electron chi connectivity index (χ3n) is 5.05. The molecular formula is C19H26N2O4. The minimum Gasteiger partial charge on any atom is -0.465 e. The summed E-state index contributed by atoms with van der Waals surface area (Å²) < 4.78 is 10.4. The van der Waals surface area contributed by atoms with Gasteiger partial charge in [0.1, 0.15) is 6.04 Å². The number of nitrogens with zero attached hydrogens (tertiary/aromatic N) is 2. The fraction of sp³-hybridized carbons (Fsp3) is 0.579. The fourth-order valence-corrected chi connectivity index (χ4v) is 3.97. The van der Waals surface area contributed by atoms with E-state index in [1.165, 1.54) is 0 Å². The maximum Gasteiger partial charge on any atom is 0.409 e. The summed E-state index contributed by atoms with van der Waals surface area (Å²) in [5.41, 5.74) is 1.16. The van der Waals surface area contributed by atoms with Crippen molar-refractivity contribution in [2.24, 2.45) is 5.92 Å². The van der Waals surface area contributed by atoms with Crippen LogP contribution in [-0.2, 0) is 20.8 Å². The van der Waals surface area contributed by atoms with E-state index in [1.54, 1.807) is 4.90 Å². The van der Waals surface area contributed by atoms with Gasteiger partial charge >= 0.3 is 12.1 Å². The van der Waals surface area contributed by atoms with Crippen molar-refractivity contribution in [1.29, 1.82) is 0 Å². The number of benzene rings is 1. The van der Waals surface area contributed by atoms with E-state index in [0.29, 0.717) is 32.8 Å². The first kappa shape index (κ1) is 17.7. The second kappa shape index (κ2) is 7.87. The van der Waals surface area contributed by atoms with Gasteiger partial charge in [0.05, 0.1) is 13.2 Å². The highest BCUT2D eigenvalue weighted by Gasteiger charge is 2.50. The molecular weight excluding hydrogens is 320 g/mol. The Morgan fingerprint density at radius 1 is 1.08 bits per heavy atom. The molecule has 0 aliphatic carbocycles. The van der Waals surface area contributed by atoms with Crippen LogP contribution in [0, 0.1) is 5.92 Å². The molecule has 2 heterocycles. The molecule has 1 aromatic rings. The minimum atomic E-state index is -0.260. The van der Waals surface area contributed by atoms with E-state index in [2.05, 4.69) is 17.0 Å². The summed E-state index contributed by atoms with van der Waals surface area (Å²) in [6.07, 6.45) is 0.468. The quantitative estimate of drug-likeness (QED) is 0.766. The first-order valence-corrected chi connectivity index (χ1v) is 9.02. The highest BCUT2D eigenvalue weighted by Crippen LogP contribution is 2.37. The molecule has 0 bridgehead atoms. The average molecular weight is 346 g/mol. The van der Waals surface area contributed by atoms with Crippen molar-refractivity contribution in [2.75, 3.05) is 26.3 Å². The lowest BCUT2D eigenvalue weighted by Crippen LogP contribution is -2.44. The summed E-state index contributed by atoms with van der Waals surface area (Å²) in [6, 6.07) is 10.0. The molecule has 2 aliphatic heterocycles. The molecule has 2 fully saturated rings. The fourth-order valence-electron chi connectivity index (χ4n) is 3.97. The van der Waals surface area contributed by atoms with Crippen molar-refractivity contribution in [1.82, 2.24) is 9.80 Å². The topological polar surface area (TPSA) is 59.1 Å². The van der Waals surface area contributed by atoms with E-state index in [-0.39, 0.29) is 30.1 Å². The molecule has 136 valence electrons. The molecule has 1 amide bonds. The smallest absolute Gasteiger partial charge is 0.409 e. The Kier molecular flexibility index (Phi) is 5.58. The Balaban J connectivity index is 1.76. The van der Waals surface area contributed by atoms with Crippen LogP contribution in [0.1, 0.15) is 25.8 Å². The lowest BCUT2D eigenvalue weighted by Gasteiger charge is -2.29. The van der Waals surface area contributed by atoms with Crippen molar-refractivity contribution in [3.63, 3.8) is 0 Å². The molecule has 25 heavy (non-hydrogen) atoms. The van der Waals surface area contributed by atoms with Crippen LogP contribution in [0.4, 0.5) is 4.79 Å². The highest BCUT2D eigenvalue weighted by molar-refractivity contribution is 5.76. The maximum atomic E-state index is 12.4. The molecule has 6 nitrogen and oxygen atoms in total. The Morgan fingerprint density at radius 2 is 1.80 bits per heavy atom. The largest absolute Gasteiger partial charge is 0.465 e. The van der Waals surface area contributed by atoms with Gasteiger partial charge in [0.15, 0.2) is 0 Å². The molecule has 0 aromatic heterocycles. The van der Waals surface area contributed by atoms with Gasteiger partial charge in [-0.25, -0.2) is 4.79 Å². The molecule has 6 heteroatoms. The Morgan fingerprint density at radius 3 is 2.48 bits per heavy atom. The number of likely N-dealkylation sites (tertiary alicyclic amines) is 2. The molecule has 0 spiro atoms. The van der Waals surface area contributed by atoms with E-state index in [9.17, 15) is 9.59 Å². The van der Waals surface area contributed by atoms with Gasteiger partial charge in [-0.15, -0.1) is 0 Å². The van der Waals surface area contributed by atoms with Crippen molar-refractivity contribution >= 4 is 12.1 Å². The predicted octanol–water partition coefficient (Wildman–Crippen LogP) is 2.28. The summed E-state index contributed by atoms with van der Waals surface area (Å²) >= 11 is 0. The maximum absolute atomic E-state index is 12.4. The summed E-state index contributed by atoms with van der Waals surface area (Å²) in [4.78, 5) is 28.4. The number of carbonyl (C=O) groups excluding carboxylic acids is 2. The highest BCUT2D eigenvalue weighted by atomic mass is 16.6. The minimum absolute atomic E-state index is 0.157. The number of amides is 1. The molecule has 0 radical (unpaired) electrons. The number of rotatable bonds is 5. The zero-order chi connectivity index (χ0) is 17.8. The van der Waals surface area contributed by atoms with Crippen molar-refractivity contribution < 1.29 is 19.1 Å². The molecule has 3 unspecified atom stereocenters.